The summed E-state index contributed by atoms with van der Waals surface area (Å²) in [5, 5.41) is 0. The van der Waals surface area contributed by atoms with Gasteiger partial charge in [-0.1, -0.05) is 44.2 Å². The van der Waals surface area contributed by atoms with Crippen molar-refractivity contribution in [3.05, 3.63) is 35.9 Å². The Kier molecular flexibility index (Phi) is 4.96. The lowest BCUT2D eigenvalue weighted by Gasteiger charge is -2.08. The Balaban J connectivity index is 2.42. The molecular weight excluding hydrogens is 222 g/mol. The summed E-state index contributed by atoms with van der Waals surface area (Å²) in [6.45, 7) is 4.42. The Morgan fingerprint density at radius 3 is 2.38 bits per heavy atom. The molecule has 0 amide bonds. The zero-order valence-corrected chi connectivity index (χ0v) is 10.6. The molecule has 0 bridgehead atoms. The van der Waals surface area contributed by atoms with Crippen LogP contribution in [0, 0.1) is 5.92 Å². The number of nitrogens with one attached hydrogen (secondary N) is 1. The van der Waals surface area contributed by atoms with Gasteiger partial charge in [-0.2, -0.15) is 0 Å². The van der Waals surface area contributed by atoms with Gasteiger partial charge in [0.15, 0.2) is 0 Å². The molecule has 0 spiro atoms. The maximum Gasteiger partial charge on any atom is 0.211 e. The van der Waals surface area contributed by atoms with Gasteiger partial charge in [-0.3, -0.25) is 0 Å². The normalized spacial score (nSPS) is 11.9. The maximum atomic E-state index is 11.6. The molecule has 0 unspecified atom stereocenters. The Hall–Kier alpha value is -0.870. The highest BCUT2D eigenvalue weighted by atomic mass is 32.2. The Morgan fingerprint density at radius 2 is 1.81 bits per heavy atom. The van der Waals surface area contributed by atoms with Crippen LogP contribution in [0.25, 0.3) is 0 Å². The van der Waals surface area contributed by atoms with Crippen molar-refractivity contribution < 1.29 is 8.42 Å². The van der Waals surface area contributed by atoms with Gasteiger partial charge >= 0.3 is 0 Å². The van der Waals surface area contributed by atoms with Gasteiger partial charge in [-0.05, 0) is 17.9 Å². The molecule has 0 atom stereocenters. The largest absolute Gasteiger partial charge is 0.212 e. The summed E-state index contributed by atoms with van der Waals surface area (Å²) in [6, 6.07) is 9.53. The predicted molar refractivity (Wildman–Crippen MR) is 66.5 cm³/mol. The second-order valence-corrected chi connectivity index (χ2v) is 6.23. The van der Waals surface area contributed by atoms with Crippen molar-refractivity contribution in [2.45, 2.75) is 26.8 Å². The van der Waals surface area contributed by atoms with Gasteiger partial charge in [0.05, 0.1) is 5.75 Å². The van der Waals surface area contributed by atoms with Crippen LogP contribution in [0.15, 0.2) is 30.3 Å². The summed E-state index contributed by atoms with van der Waals surface area (Å²) in [5.74, 6) is 0.616. The van der Waals surface area contributed by atoms with Gasteiger partial charge in [0.1, 0.15) is 0 Å². The lowest BCUT2D eigenvalue weighted by atomic mass is 10.2. The van der Waals surface area contributed by atoms with Crippen LogP contribution < -0.4 is 4.72 Å². The van der Waals surface area contributed by atoms with Crippen LogP contribution in [0.4, 0.5) is 0 Å². The average Bonchev–Trinajstić information content (AvgIpc) is 2.26. The third-order valence-corrected chi connectivity index (χ3v) is 3.66. The summed E-state index contributed by atoms with van der Waals surface area (Å²) in [4.78, 5) is 0. The van der Waals surface area contributed by atoms with Crippen LogP contribution in [0.3, 0.4) is 0 Å². The molecule has 16 heavy (non-hydrogen) atoms. The van der Waals surface area contributed by atoms with Crippen LogP contribution in [-0.4, -0.2) is 14.2 Å². The van der Waals surface area contributed by atoms with E-state index < -0.39 is 10.0 Å². The third kappa shape index (κ3) is 5.28. The molecule has 3 nitrogen and oxygen atoms in total. The maximum absolute atomic E-state index is 11.6. The van der Waals surface area contributed by atoms with E-state index in [4.69, 9.17) is 0 Å². The molecule has 0 aromatic heterocycles. The molecule has 1 aromatic carbocycles. The van der Waals surface area contributed by atoms with Gasteiger partial charge in [0.2, 0.25) is 10.0 Å². The lowest BCUT2D eigenvalue weighted by Crippen LogP contribution is -2.26. The highest BCUT2D eigenvalue weighted by molar-refractivity contribution is 7.89. The van der Waals surface area contributed by atoms with Crippen molar-refractivity contribution in [2.75, 3.05) is 5.75 Å². The summed E-state index contributed by atoms with van der Waals surface area (Å²) in [6.07, 6.45) is 0.699. The molecule has 0 aliphatic rings. The fourth-order valence-electron chi connectivity index (χ4n) is 1.25. The van der Waals surface area contributed by atoms with Crippen LogP contribution >= 0.6 is 0 Å². The zero-order valence-electron chi connectivity index (χ0n) is 9.81. The third-order valence-electron chi connectivity index (χ3n) is 2.30. The first kappa shape index (κ1) is 13.2. The first-order valence-electron chi connectivity index (χ1n) is 5.51. The minimum absolute atomic E-state index is 0.206. The van der Waals surface area contributed by atoms with Crippen molar-refractivity contribution in [1.29, 1.82) is 0 Å². The molecule has 0 aliphatic heterocycles. The number of sulfonamides is 1. The van der Waals surface area contributed by atoms with Crippen molar-refractivity contribution in [2.24, 2.45) is 5.92 Å². The molecule has 0 fully saturated rings. The van der Waals surface area contributed by atoms with E-state index in [1.54, 1.807) is 0 Å². The van der Waals surface area contributed by atoms with E-state index in [0.29, 0.717) is 18.9 Å². The van der Waals surface area contributed by atoms with Crippen molar-refractivity contribution >= 4 is 10.0 Å². The van der Waals surface area contributed by atoms with Gasteiger partial charge in [-0.15, -0.1) is 0 Å². The van der Waals surface area contributed by atoms with Crippen molar-refractivity contribution in [1.82, 2.24) is 4.72 Å². The monoisotopic (exact) mass is 241 g/mol. The van der Waals surface area contributed by atoms with E-state index in [-0.39, 0.29) is 5.75 Å². The minimum atomic E-state index is -3.12. The van der Waals surface area contributed by atoms with Gasteiger partial charge in [0.25, 0.3) is 0 Å². The predicted octanol–water partition coefficient (Wildman–Crippen LogP) is 2.15. The molecule has 1 aromatic rings. The molecule has 0 saturated heterocycles. The standard InChI is InChI=1S/C12H19NO2S/c1-11(2)8-9-16(14,15)13-10-12-6-4-3-5-7-12/h3-7,11,13H,8-10H2,1-2H3. The highest BCUT2D eigenvalue weighted by Gasteiger charge is 2.10. The number of benzene rings is 1. The van der Waals surface area contributed by atoms with E-state index in [1.165, 1.54) is 0 Å². The van der Waals surface area contributed by atoms with Crippen LogP contribution in [0.5, 0.6) is 0 Å². The van der Waals surface area contributed by atoms with E-state index >= 15 is 0 Å². The quantitative estimate of drug-likeness (QED) is 0.829. The first-order valence-corrected chi connectivity index (χ1v) is 7.16. The van der Waals surface area contributed by atoms with Crippen LogP contribution in [-0.2, 0) is 16.6 Å². The van der Waals surface area contributed by atoms with Crippen LogP contribution in [0.1, 0.15) is 25.8 Å². The lowest BCUT2D eigenvalue weighted by molar-refractivity contribution is 0.561. The first-order chi connectivity index (χ1) is 7.49. The molecule has 0 aliphatic carbocycles. The summed E-state index contributed by atoms with van der Waals surface area (Å²) >= 11 is 0. The topological polar surface area (TPSA) is 46.2 Å². The number of hydrogen-bond donors (Lipinski definition) is 1. The SMILES string of the molecule is CC(C)CCS(=O)(=O)NCc1ccccc1. The molecule has 1 N–H and O–H groups in total. The molecule has 0 radical (unpaired) electrons. The Morgan fingerprint density at radius 1 is 1.19 bits per heavy atom. The fourth-order valence-corrected chi connectivity index (χ4v) is 2.56. The second-order valence-electron chi connectivity index (χ2n) is 4.31. The van der Waals surface area contributed by atoms with E-state index in [0.717, 1.165) is 5.56 Å². The van der Waals surface area contributed by atoms with E-state index in [2.05, 4.69) is 4.72 Å². The molecular formula is C12H19NO2S. The smallest absolute Gasteiger partial charge is 0.211 e. The van der Waals surface area contributed by atoms with E-state index in [9.17, 15) is 8.42 Å². The number of rotatable bonds is 6. The highest BCUT2D eigenvalue weighted by Crippen LogP contribution is 2.03. The van der Waals surface area contributed by atoms with E-state index in [1.807, 2.05) is 44.2 Å². The summed E-state index contributed by atoms with van der Waals surface area (Å²) in [5.41, 5.74) is 0.982. The molecule has 1 rings (SSSR count). The molecule has 0 heterocycles. The fraction of sp³-hybridized carbons (Fsp3) is 0.500. The molecule has 90 valence electrons. The molecule has 0 saturated carbocycles. The zero-order chi connectivity index (χ0) is 12.0. The van der Waals surface area contributed by atoms with Gasteiger partial charge in [-0.25, -0.2) is 13.1 Å². The summed E-state index contributed by atoms with van der Waals surface area (Å²) in [7, 11) is -3.12. The van der Waals surface area contributed by atoms with Crippen molar-refractivity contribution in [3.63, 3.8) is 0 Å². The van der Waals surface area contributed by atoms with Crippen molar-refractivity contribution in [3.8, 4) is 0 Å². The summed E-state index contributed by atoms with van der Waals surface area (Å²) < 4.78 is 25.8. The van der Waals surface area contributed by atoms with Crippen LogP contribution in [0.2, 0.25) is 0 Å². The van der Waals surface area contributed by atoms with Gasteiger partial charge < -0.3 is 0 Å². The average molecular weight is 241 g/mol. The second kappa shape index (κ2) is 6.01. The number of hydrogen-bond acceptors (Lipinski definition) is 2. The Labute approximate surface area is 97.9 Å². The molecule has 4 heteroatoms. The van der Waals surface area contributed by atoms with Gasteiger partial charge in [0, 0.05) is 6.54 Å². The Bertz CT molecular complexity index is 398. The minimum Gasteiger partial charge on any atom is -0.212 e.